The Hall–Kier alpha value is -3.39. The molecule has 0 spiro atoms. The lowest BCUT2D eigenvalue weighted by molar-refractivity contribution is -0.119. The van der Waals surface area contributed by atoms with Gasteiger partial charge in [0.2, 0.25) is 5.91 Å². The minimum atomic E-state index is -0.125. The molecule has 0 radical (unpaired) electrons. The third kappa shape index (κ3) is 4.34. The molecule has 0 aromatic heterocycles. The number of aromatic nitrogens is 4. The summed E-state index contributed by atoms with van der Waals surface area (Å²) < 4.78 is 3.60. The minimum Gasteiger partial charge on any atom is -0.349 e. The van der Waals surface area contributed by atoms with Crippen molar-refractivity contribution in [2.75, 3.05) is 5.75 Å². The molecule has 0 unspecified atom stereocenters. The van der Waals surface area contributed by atoms with Crippen molar-refractivity contribution in [1.29, 1.82) is 0 Å². The van der Waals surface area contributed by atoms with E-state index in [0.717, 1.165) is 68.0 Å². The summed E-state index contributed by atoms with van der Waals surface area (Å²) in [5.74, 6) is 0.743. The van der Waals surface area contributed by atoms with Crippen LogP contribution in [0.1, 0.15) is 55.0 Å². The molecule has 0 saturated heterocycles. The first-order chi connectivity index (χ1) is 17.7. The number of rotatable bonds is 5. The van der Waals surface area contributed by atoms with Crippen molar-refractivity contribution in [2.45, 2.75) is 62.7 Å². The normalized spacial score (nSPS) is 17.3. The number of amides is 1. The number of nitrogens with one attached hydrogen (secondary N) is 1. The summed E-state index contributed by atoms with van der Waals surface area (Å²) in [4.78, 5) is 31.2. The lowest BCUT2D eigenvalue weighted by Gasteiger charge is -2.26. The summed E-state index contributed by atoms with van der Waals surface area (Å²) in [5, 5.41) is 8.60. The number of thioether (sulfide) groups is 1. The predicted octanol–water partition coefficient (Wildman–Crippen LogP) is 4.55. The van der Waals surface area contributed by atoms with Gasteiger partial charge in [-0.2, -0.15) is 4.68 Å². The van der Waals surface area contributed by atoms with Crippen LogP contribution in [-0.4, -0.2) is 31.0 Å². The van der Waals surface area contributed by atoms with Gasteiger partial charge in [0.15, 0.2) is 11.0 Å². The average Bonchev–Trinajstić information content (AvgIpc) is 3.07. The van der Waals surface area contributed by atoms with Crippen LogP contribution in [0.4, 0.5) is 0 Å². The molecule has 2 aromatic carbocycles. The molecule has 1 aliphatic carbocycles. The van der Waals surface area contributed by atoms with Crippen molar-refractivity contribution in [2.24, 2.45) is 0 Å². The molecule has 1 N–H and O–H groups in total. The van der Waals surface area contributed by atoms with Crippen LogP contribution in [0.15, 0.2) is 64.5 Å². The van der Waals surface area contributed by atoms with Gasteiger partial charge in [0.25, 0.3) is 5.56 Å². The molecule has 3 heterocycles. The van der Waals surface area contributed by atoms with Gasteiger partial charge < -0.3 is 9.88 Å². The second kappa shape index (κ2) is 9.93. The molecule has 7 nitrogen and oxygen atoms in total. The number of benzene rings is 2. The van der Waals surface area contributed by atoms with Gasteiger partial charge in [0.05, 0.1) is 17.5 Å². The highest BCUT2D eigenvalue weighted by atomic mass is 32.2. The fraction of sp³-hybridized carbons (Fsp3) is 0.357. The van der Waals surface area contributed by atoms with Crippen LogP contribution >= 0.6 is 11.8 Å². The smallest absolute Gasteiger partial charge is 0.284 e. The molecule has 2 aromatic rings. The van der Waals surface area contributed by atoms with Crippen LogP contribution in [0.2, 0.25) is 0 Å². The van der Waals surface area contributed by atoms with Crippen molar-refractivity contribution in [3.05, 3.63) is 81.8 Å². The van der Waals surface area contributed by atoms with Crippen molar-refractivity contribution >= 4 is 17.7 Å². The first-order valence-corrected chi connectivity index (χ1v) is 13.8. The maximum Gasteiger partial charge on any atom is 0.284 e. The lowest BCUT2D eigenvalue weighted by atomic mass is 9.88. The Morgan fingerprint density at radius 3 is 2.72 bits per heavy atom. The summed E-state index contributed by atoms with van der Waals surface area (Å²) in [6.07, 6.45) is 7.10. The standard InChI is InChI=1S/C28H29N5O2S/c34-24(29-22-15-9-11-19-10-6-7-14-21(19)22)18-36-28-30-26-25(23-16-5-2-8-17-32(23)28)27(35)33(31-26)20-12-3-1-4-13-20/h1,3-4,6-7,10,12-14,22H,2,5,8-9,11,15-18H2,(H,29,34)/t22-/m0/s1. The monoisotopic (exact) mass is 499 g/mol. The second-order valence-corrected chi connectivity index (χ2v) is 10.5. The molecular weight excluding hydrogens is 470 g/mol. The highest BCUT2D eigenvalue weighted by Gasteiger charge is 2.28. The highest BCUT2D eigenvalue weighted by molar-refractivity contribution is 7.99. The number of hydrogen-bond acceptors (Lipinski definition) is 5. The number of para-hydroxylation sites is 1. The van der Waals surface area contributed by atoms with Crippen LogP contribution in [0.5, 0.6) is 0 Å². The molecule has 4 aliphatic rings. The van der Waals surface area contributed by atoms with E-state index in [2.05, 4.69) is 33.2 Å². The van der Waals surface area contributed by atoms with Crippen LogP contribution in [-0.2, 0) is 24.2 Å². The number of carbonyl (C=O) groups is 1. The van der Waals surface area contributed by atoms with Gasteiger partial charge in [0, 0.05) is 12.2 Å². The Morgan fingerprint density at radius 2 is 1.83 bits per heavy atom. The topological polar surface area (TPSA) is 81.8 Å². The molecule has 1 amide bonds. The van der Waals surface area contributed by atoms with Crippen molar-refractivity contribution in [1.82, 2.24) is 24.6 Å². The number of fused-ring (bicyclic) bond motifs is 4. The molecular formula is C28H29N5O2S. The first kappa shape index (κ1) is 23.0. The number of hydrogen-bond donors (Lipinski definition) is 1. The molecule has 0 bridgehead atoms. The summed E-state index contributed by atoms with van der Waals surface area (Å²) >= 11 is 1.44. The zero-order valence-corrected chi connectivity index (χ0v) is 21.0. The largest absolute Gasteiger partial charge is 0.349 e. The van der Waals surface area contributed by atoms with Crippen molar-refractivity contribution in [3.8, 4) is 17.1 Å². The SMILES string of the molecule is O=C(CSc1nc2nn(-c3ccccc3)c(=O)c-2c2n1CCCCC2)N[C@H]1CCCc2ccccc21. The van der Waals surface area contributed by atoms with E-state index in [1.807, 2.05) is 36.4 Å². The highest BCUT2D eigenvalue weighted by Crippen LogP contribution is 2.32. The first-order valence-electron chi connectivity index (χ1n) is 12.8. The maximum absolute atomic E-state index is 13.4. The van der Waals surface area contributed by atoms with Crippen molar-refractivity contribution < 1.29 is 4.79 Å². The summed E-state index contributed by atoms with van der Waals surface area (Å²) in [6.45, 7) is 0.800. The Labute approximate surface area is 214 Å². The third-order valence-corrected chi connectivity index (χ3v) is 8.18. The Kier molecular flexibility index (Phi) is 6.35. The van der Waals surface area contributed by atoms with Gasteiger partial charge in [-0.3, -0.25) is 9.59 Å². The predicted molar refractivity (Wildman–Crippen MR) is 141 cm³/mol. The number of nitrogens with zero attached hydrogens (tertiary/aromatic N) is 4. The van der Waals surface area contributed by atoms with E-state index >= 15 is 0 Å². The molecule has 1 atom stereocenters. The lowest BCUT2D eigenvalue weighted by Crippen LogP contribution is -2.32. The van der Waals surface area contributed by atoms with Crippen LogP contribution in [0.25, 0.3) is 17.1 Å². The summed E-state index contributed by atoms with van der Waals surface area (Å²) in [6, 6.07) is 17.9. The van der Waals surface area contributed by atoms with Gasteiger partial charge in [0.1, 0.15) is 5.56 Å². The van der Waals surface area contributed by atoms with E-state index in [0.29, 0.717) is 11.4 Å². The second-order valence-electron chi connectivity index (χ2n) is 9.55. The summed E-state index contributed by atoms with van der Waals surface area (Å²) in [5.41, 5.74) is 4.77. The number of aryl methyl sites for hydroxylation is 1. The Balaban J connectivity index is 1.29. The molecule has 0 fully saturated rings. The maximum atomic E-state index is 13.4. The van der Waals surface area contributed by atoms with E-state index < -0.39 is 0 Å². The van der Waals surface area contributed by atoms with Gasteiger partial charge in [-0.15, -0.1) is 5.10 Å². The van der Waals surface area contributed by atoms with E-state index in [1.165, 1.54) is 27.6 Å². The van der Waals surface area contributed by atoms with E-state index in [9.17, 15) is 9.59 Å². The molecule has 36 heavy (non-hydrogen) atoms. The molecule has 6 rings (SSSR count). The Morgan fingerprint density at radius 1 is 1.00 bits per heavy atom. The van der Waals surface area contributed by atoms with E-state index in [4.69, 9.17) is 4.98 Å². The fourth-order valence-corrected chi connectivity index (χ4v) is 6.33. The zero-order chi connectivity index (χ0) is 24.5. The van der Waals surface area contributed by atoms with E-state index in [1.54, 1.807) is 0 Å². The summed E-state index contributed by atoms with van der Waals surface area (Å²) in [7, 11) is 0. The minimum absolute atomic E-state index is 0.00546. The van der Waals surface area contributed by atoms with Crippen molar-refractivity contribution in [3.63, 3.8) is 0 Å². The molecule has 8 heteroatoms. The molecule has 3 aliphatic heterocycles. The van der Waals surface area contributed by atoms with Crippen LogP contribution < -0.4 is 10.9 Å². The third-order valence-electron chi connectivity index (χ3n) is 7.20. The van der Waals surface area contributed by atoms with Gasteiger partial charge in [-0.1, -0.05) is 60.6 Å². The number of carbonyl (C=O) groups excluding carboxylic acids is 1. The zero-order valence-electron chi connectivity index (χ0n) is 20.2. The van der Waals surface area contributed by atoms with Gasteiger partial charge >= 0.3 is 0 Å². The average molecular weight is 500 g/mol. The van der Waals surface area contributed by atoms with Gasteiger partial charge in [-0.05, 0) is 61.8 Å². The quantitative estimate of drug-likeness (QED) is 0.322. The fourth-order valence-electron chi connectivity index (χ4n) is 5.48. The van der Waals surface area contributed by atoms with Crippen LogP contribution in [0, 0.1) is 0 Å². The van der Waals surface area contributed by atoms with Crippen LogP contribution in [0.3, 0.4) is 0 Å². The molecule has 184 valence electrons. The van der Waals surface area contributed by atoms with E-state index in [-0.39, 0.29) is 23.3 Å². The Bertz CT molecular complexity index is 1430. The van der Waals surface area contributed by atoms with Gasteiger partial charge in [-0.25, -0.2) is 4.98 Å². The molecule has 0 saturated carbocycles.